The van der Waals surface area contributed by atoms with Crippen LogP contribution < -0.4 is 5.32 Å². The van der Waals surface area contributed by atoms with Crippen LogP contribution in [0.4, 0.5) is 5.69 Å². The van der Waals surface area contributed by atoms with Crippen LogP contribution in [0.3, 0.4) is 0 Å². The number of nitrogens with one attached hydrogen (secondary N) is 1. The smallest absolute Gasteiger partial charge is 0.259 e. The molecule has 0 aliphatic rings. The van der Waals surface area contributed by atoms with Crippen molar-refractivity contribution in [1.82, 2.24) is 14.8 Å². The van der Waals surface area contributed by atoms with E-state index < -0.39 is 0 Å². The number of carbonyl (C=O) groups excluding carboxylic acids is 1. The van der Waals surface area contributed by atoms with Gasteiger partial charge in [-0.1, -0.05) is 35.8 Å². The Bertz CT molecular complexity index is 903. The molecule has 5 nitrogen and oxygen atoms in total. The monoisotopic (exact) mass is 398 g/mol. The number of carbonyl (C=O) groups is 1. The summed E-state index contributed by atoms with van der Waals surface area (Å²) < 4.78 is 2.74. The molecule has 0 unspecified atom stereocenters. The predicted octanol–water partition coefficient (Wildman–Crippen LogP) is 4.71. The van der Waals surface area contributed by atoms with Crippen molar-refractivity contribution in [2.45, 2.75) is 26.7 Å². The number of hydrogen-bond donors (Lipinski definition) is 1. The molecule has 0 aliphatic carbocycles. The second-order valence-electron chi connectivity index (χ2n) is 6.12. The topological polar surface area (TPSA) is 59.8 Å². The Morgan fingerprint density at radius 2 is 2.04 bits per heavy atom. The highest BCUT2D eigenvalue weighted by Crippen LogP contribution is 2.24. The van der Waals surface area contributed by atoms with E-state index >= 15 is 0 Å². The van der Waals surface area contributed by atoms with Crippen LogP contribution in [0.1, 0.15) is 41.4 Å². The molecule has 1 N–H and O–H groups in total. The zero-order chi connectivity index (χ0) is 18.0. The van der Waals surface area contributed by atoms with Gasteiger partial charge in [-0.3, -0.25) is 4.79 Å². The maximum Gasteiger partial charge on any atom is 0.259 e. The summed E-state index contributed by atoms with van der Waals surface area (Å²) in [7, 11) is 0. The van der Waals surface area contributed by atoms with Gasteiger partial charge in [-0.05, 0) is 48.7 Å². The minimum Gasteiger partial charge on any atom is -0.322 e. The van der Waals surface area contributed by atoms with Crippen molar-refractivity contribution in [3.63, 3.8) is 0 Å². The van der Waals surface area contributed by atoms with Gasteiger partial charge in [0, 0.05) is 16.4 Å². The van der Waals surface area contributed by atoms with E-state index in [1.165, 1.54) is 0 Å². The third-order valence-electron chi connectivity index (χ3n) is 3.88. The molecule has 0 bridgehead atoms. The number of pyridine rings is 1. The molecule has 0 spiro atoms. The van der Waals surface area contributed by atoms with Crippen molar-refractivity contribution >= 4 is 27.5 Å². The van der Waals surface area contributed by atoms with E-state index in [-0.39, 0.29) is 11.8 Å². The van der Waals surface area contributed by atoms with E-state index in [0.29, 0.717) is 11.4 Å². The lowest BCUT2D eigenvalue weighted by Crippen LogP contribution is -2.15. The van der Waals surface area contributed by atoms with Crippen LogP contribution in [0.25, 0.3) is 5.82 Å². The first-order valence-corrected chi connectivity index (χ1v) is 8.83. The fourth-order valence-corrected chi connectivity index (χ4v) is 2.92. The van der Waals surface area contributed by atoms with Gasteiger partial charge in [0.2, 0.25) is 0 Å². The maximum absolute atomic E-state index is 12.8. The number of anilines is 1. The Kier molecular flexibility index (Phi) is 4.99. The van der Waals surface area contributed by atoms with E-state index in [1.54, 1.807) is 17.1 Å². The molecule has 3 rings (SSSR count). The molecule has 6 heteroatoms. The van der Waals surface area contributed by atoms with Crippen LogP contribution in [-0.4, -0.2) is 20.7 Å². The first-order valence-electron chi connectivity index (χ1n) is 8.04. The molecular weight excluding hydrogens is 380 g/mol. The molecular formula is C19H19BrN4O. The van der Waals surface area contributed by atoms with Crippen molar-refractivity contribution in [2.24, 2.45) is 0 Å². The molecule has 0 radical (unpaired) electrons. The third-order valence-corrected chi connectivity index (χ3v) is 4.77. The van der Waals surface area contributed by atoms with Crippen LogP contribution in [-0.2, 0) is 0 Å². The Labute approximate surface area is 155 Å². The number of aromatic nitrogens is 3. The zero-order valence-corrected chi connectivity index (χ0v) is 15.9. The normalized spacial score (nSPS) is 10.9. The summed E-state index contributed by atoms with van der Waals surface area (Å²) in [5, 5.41) is 7.34. The molecule has 2 heterocycles. The highest BCUT2D eigenvalue weighted by Gasteiger charge is 2.21. The van der Waals surface area contributed by atoms with E-state index in [0.717, 1.165) is 21.4 Å². The minimum absolute atomic E-state index is 0.122. The Morgan fingerprint density at radius 1 is 1.24 bits per heavy atom. The van der Waals surface area contributed by atoms with E-state index in [9.17, 15) is 4.79 Å². The van der Waals surface area contributed by atoms with Crippen molar-refractivity contribution in [1.29, 1.82) is 0 Å². The Morgan fingerprint density at radius 3 is 2.68 bits per heavy atom. The average molecular weight is 399 g/mol. The first kappa shape index (κ1) is 17.4. The Balaban J connectivity index is 1.95. The molecule has 0 saturated carbocycles. The zero-order valence-electron chi connectivity index (χ0n) is 14.3. The maximum atomic E-state index is 12.8. The largest absolute Gasteiger partial charge is 0.322 e. The average Bonchev–Trinajstić information content (AvgIpc) is 3.04. The summed E-state index contributed by atoms with van der Waals surface area (Å²) in [6, 6.07) is 11.3. The van der Waals surface area contributed by atoms with Gasteiger partial charge >= 0.3 is 0 Å². The third kappa shape index (κ3) is 3.64. The number of amides is 1. The molecule has 1 amide bonds. The lowest BCUT2D eigenvalue weighted by molar-refractivity contribution is 0.102. The standard InChI is InChI=1S/C19H19BrN4O/c1-12(2)18-15(11-22-24(18)17-6-4-5-9-21-17)19(25)23-14-7-8-16(20)13(3)10-14/h4-12H,1-3H3,(H,23,25). The van der Waals surface area contributed by atoms with Crippen molar-refractivity contribution in [2.75, 3.05) is 5.32 Å². The van der Waals surface area contributed by atoms with Crippen molar-refractivity contribution < 1.29 is 4.79 Å². The van der Waals surface area contributed by atoms with Gasteiger partial charge in [0.05, 0.1) is 17.5 Å². The van der Waals surface area contributed by atoms with Crippen LogP contribution in [0.15, 0.2) is 53.3 Å². The first-order chi connectivity index (χ1) is 12.0. The van der Waals surface area contributed by atoms with Crippen LogP contribution in [0.2, 0.25) is 0 Å². The molecule has 0 saturated heterocycles. The summed E-state index contributed by atoms with van der Waals surface area (Å²) in [5.74, 6) is 0.647. The molecule has 3 aromatic rings. The van der Waals surface area contributed by atoms with Crippen molar-refractivity contribution in [3.05, 3.63) is 70.1 Å². The van der Waals surface area contributed by atoms with Gasteiger partial charge in [0.25, 0.3) is 5.91 Å². The van der Waals surface area contributed by atoms with E-state index in [1.807, 2.05) is 57.2 Å². The summed E-state index contributed by atoms with van der Waals surface area (Å²) >= 11 is 3.47. The highest BCUT2D eigenvalue weighted by atomic mass is 79.9. The number of rotatable bonds is 4. The fourth-order valence-electron chi connectivity index (χ4n) is 2.67. The van der Waals surface area contributed by atoms with Gasteiger partial charge in [0.1, 0.15) is 0 Å². The van der Waals surface area contributed by atoms with Gasteiger partial charge in [-0.25, -0.2) is 9.67 Å². The SMILES string of the molecule is Cc1cc(NC(=O)c2cnn(-c3ccccn3)c2C(C)C)ccc1Br. The second-order valence-corrected chi connectivity index (χ2v) is 6.97. The van der Waals surface area contributed by atoms with Gasteiger partial charge in [-0.15, -0.1) is 0 Å². The Hall–Kier alpha value is -2.47. The summed E-state index contributed by atoms with van der Waals surface area (Å²) in [4.78, 5) is 17.1. The van der Waals surface area contributed by atoms with Gasteiger partial charge in [-0.2, -0.15) is 5.10 Å². The molecule has 2 aromatic heterocycles. The molecule has 0 atom stereocenters. The molecule has 25 heavy (non-hydrogen) atoms. The second kappa shape index (κ2) is 7.19. The number of aryl methyl sites for hydroxylation is 1. The molecule has 128 valence electrons. The number of nitrogens with zero attached hydrogens (tertiary/aromatic N) is 3. The van der Waals surface area contributed by atoms with Crippen LogP contribution >= 0.6 is 15.9 Å². The highest BCUT2D eigenvalue weighted by molar-refractivity contribution is 9.10. The quantitative estimate of drug-likeness (QED) is 0.691. The summed E-state index contributed by atoms with van der Waals surface area (Å²) in [6.07, 6.45) is 3.32. The van der Waals surface area contributed by atoms with Crippen molar-refractivity contribution in [3.8, 4) is 5.82 Å². The number of halogens is 1. The van der Waals surface area contributed by atoms with E-state index in [2.05, 4.69) is 31.3 Å². The van der Waals surface area contributed by atoms with Gasteiger partial charge < -0.3 is 5.32 Å². The molecule has 0 fully saturated rings. The fraction of sp³-hybridized carbons (Fsp3) is 0.211. The number of benzene rings is 1. The van der Waals surface area contributed by atoms with E-state index in [4.69, 9.17) is 0 Å². The predicted molar refractivity (Wildman–Crippen MR) is 102 cm³/mol. The molecule has 0 aliphatic heterocycles. The van der Waals surface area contributed by atoms with Gasteiger partial charge in [0.15, 0.2) is 5.82 Å². The van der Waals surface area contributed by atoms with Crippen LogP contribution in [0, 0.1) is 6.92 Å². The van der Waals surface area contributed by atoms with Crippen LogP contribution in [0.5, 0.6) is 0 Å². The lowest BCUT2D eigenvalue weighted by atomic mass is 10.1. The lowest BCUT2D eigenvalue weighted by Gasteiger charge is -2.12. The summed E-state index contributed by atoms with van der Waals surface area (Å²) in [5.41, 5.74) is 3.21. The summed E-state index contributed by atoms with van der Waals surface area (Å²) in [6.45, 7) is 6.06. The minimum atomic E-state index is -0.174. The molecule has 1 aromatic carbocycles. The number of hydrogen-bond acceptors (Lipinski definition) is 3.